The lowest BCUT2D eigenvalue weighted by atomic mass is 10.2. The first-order valence-corrected chi connectivity index (χ1v) is 8.83. The highest BCUT2D eigenvalue weighted by Gasteiger charge is 2.34. The van der Waals surface area contributed by atoms with Crippen molar-refractivity contribution in [3.63, 3.8) is 0 Å². The van der Waals surface area contributed by atoms with Gasteiger partial charge in [0.05, 0.1) is 0 Å². The summed E-state index contributed by atoms with van der Waals surface area (Å²) in [6.45, 7) is 3.57. The molecule has 0 bridgehead atoms. The second-order valence-electron chi connectivity index (χ2n) is 5.64. The Bertz CT molecular complexity index is 619. The number of nitrogens with one attached hydrogen (secondary N) is 1. The number of halogens is 2. The van der Waals surface area contributed by atoms with E-state index in [0.29, 0.717) is 19.1 Å². The van der Waals surface area contributed by atoms with E-state index in [4.69, 9.17) is 0 Å². The second-order valence-corrected chi connectivity index (χ2v) is 7.51. The normalized spacial score (nSPS) is 24.7. The minimum absolute atomic E-state index is 0.257. The van der Waals surface area contributed by atoms with E-state index in [2.05, 4.69) is 10.2 Å². The summed E-state index contributed by atoms with van der Waals surface area (Å²) in [5.41, 5.74) is 0. The van der Waals surface area contributed by atoms with Crippen LogP contribution in [0.25, 0.3) is 0 Å². The first kappa shape index (κ1) is 15.8. The topological polar surface area (TPSA) is 52.7 Å². The molecule has 2 aliphatic rings. The average molecular weight is 331 g/mol. The van der Waals surface area contributed by atoms with E-state index < -0.39 is 26.6 Å². The zero-order valence-electron chi connectivity index (χ0n) is 12.1. The summed E-state index contributed by atoms with van der Waals surface area (Å²) in [4.78, 5) is 1.40. The molecule has 2 fully saturated rings. The smallest absolute Gasteiger partial charge is 0.249 e. The molecule has 0 radical (unpaired) electrons. The van der Waals surface area contributed by atoms with Gasteiger partial charge in [-0.25, -0.2) is 17.2 Å². The van der Waals surface area contributed by atoms with E-state index in [1.54, 1.807) is 0 Å². The number of hydrogen-bond donors (Lipinski definition) is 1. The largest absolute Gasteiger partial charge is 0.315 e. The molecule has 1 atom stereocenters. The SMILES string of the molecule is O=S(=O)(c1c(F)cccc1F)N1CCN(C2CCNC2)CC1. The maximum Gasteiger partial charge on any atom is 0.249 e. The third-order valence-electron chi connectivity index (χ3n) is 4.34. The number of rotatable bonds is 3. The Balaban J connectivity index is 1.74. The van der Waals surface area contributed by atoms with Crippen LogP contribution in [0.1, 0.15) is 6.42 Å². The monoisotopic (exact) mass is 331 g/mol. The average Bonchev–Trinajstić information content (AvgIpc) is 3.01. The molecule has 0 aromatic heterocycles. The summed E-state index contributed by atoms with van der Waals surface area (Å²) in [6, 6.07) is 3.52. The van der Waals surface area contributed by atoms with Crippen LogP contribution in [-0.2, 0) is 10.0 Å². The molecule has 0 spiro atoms. The van der Waals surface area contributed by atoms with E-state index in [0.717, 1.165) is 37.7 Å². The van der Waals surface area contributed by atoms with Crippen LogP contribution in [0, 0.1) is 11.6 Å². The molecule has 1 aromatic rings. The van der Waals surface area contributed by atoms with Crippen molar-refractivity contribution < 1.29 is 17.2 Å². The van der Waals surface area contributed by atoms with Crippen LogP contribution in [0.15, 0.2) is 23.1 Å². The standard InChI is InChI=1S/C14H19F2N3O2S/c15-12-2-1-3-13(16)14(12)22(20,21)19-8-6-18(7-9-19)11-4-5-17-10-11/h1-3,11,17H,4-10H2. The van der Waals surface area contributed by atoms with Crippen LogP contribution < -0.4 is 5.32 Å². The van der Waals surface area contributed by atoms with E-state index in [1.165, 1.54) is 4.31 Å². The van der Waals surface area contributed by atoms with Crippen molar-refractivity contribution in [1.29, 1.82) is 0 Å². The molecule has 122 valence electrons. The number of hydrogen-bond acceptors (Lipinski definition) is 4. The maximum atomic E-state index is 13.8. The zero-order valence-corrected chi connectivity index (χ0v) is 13.0. The first-order chi connectivity index (χ1) is 10.5. The van der Waals surface area contributed by atoms with Crippen molar-refractivity contribution in [2.45, 2.75) is 17.4 Å². The van der Waals surface area contributed by atoms with Gasteiger partial charge in [0.2, 0.25) is 10.0 Å². The molecular formula is C14H19F2N3O2S. The number of sulfonamides is 1. The fourth-order valence-corrected chi connectivity index (χ4v) is 4.65. The van der Waals surface area contributed by atoms with Crippen molar-refractivity contribution in [3.05, 3.63) is 29.8 Å². The zero-order chi connectivity index (χ0) is 15.7. The van der Waals surface area contributed by atoms with Crippen molar-refractivity contribution >= 4 is 10.0 Å². The molecular weight excluding hydrogens is 312 g/mol. The van der Waals surface area contributed by atoms with Crippen molar-refractivity contribution in [1.82, 2.24) is 14.5 Å². The summed E-state index contributed by atoms with van der Waals surface area (Å²) in [5, 5.41) is 3.28. The van der Waals surface area contributed by atoms with Crippen molar-refractivity contribution in [3.8, 4) is 0 Å². The lowest BCUT2D eigenvalue weighted by Crippen LogP contribution is -2.52. The molecule has 1 aromatic carbocycles. The highest BCUT2D eigenvalue weighted by molar-refractivity contribution is 7.89. The molecule has 2 heterocycles. The molecule has 2 aliphatic heterocycles. The molecule has 1 N–H and O–H groups in total. The summed E-state index contributed by atoms with van der Waals surface area (Å²) in [5.74, 6) is -2.08. The van der Waals surface area contributed by atoms with E-state index >= 15 is 0 Å². The fourth-order valence-electron chi connectivity index (χ4n) is 3.12. The highest BCUT2D eigenvalue weighted by atomic mass is 32.2. The Labute approximate surface area is 129 Å². The number of nitrogens with zero attached hydrogens (tertiary/aromatic N) is 2. The third kappa shape index (κ3) is 2.88. The summed E-state index contributed by atoms with van der Waals surface area (Å²) in [7, 11) is -4.13. The number of piperazine rings is 1. The van der Waals surface area contributed by atoms with Crippen LogP contribution >= 0.6 is 0 Å². The second kappa shape index (κ2) is 6.19. The van der Waals surface area contributed by atoms with Crippen LogP contribution in [-0.4, -0.2) is 62.9 Å². The molecule has 0 saturated carbocycles. The molecule has 2 saturated heterocycles. The Morgan fingerprint density at radius 3 is 2.27 bits per heavy atom. The Morgan fingerprint density at radius 1 is 1.09 bits per heavy atom. The Hall–Kier alpha value is -1.09. The molecule has 1 unspecified atom stereocenters. The lowest BCUT2D eigenvalue weighted by Gasteiger charge is -2.37. The summed E-state index contributed by atoms with van der Waals surface area (Å²) in [6.07, 6.45) is 1.05. The lowest BCUT2D eigenvalue weighted by molar-refractivity contribution is 0.145. The van der Waals surface area contributed by atoms with Gasteiger partial charge in [-0.15, -0.1) is 0 Å². The van der Waals surface area contributed by atoms with Gasteiger partial charge in [-0.1, -0.05) is 6.07 Å². The van der Waals surface area contributed by atoms with Gasteiger partial charge in [0.1, 0.15) is 11.6 Å². The van der Waals surface area contributed by atoms with Crippen molar-refractivity contribution in [2.24, 2.45) is 0 Å². The van der Waals surface area contributed by atoms with Gasteiger partial charge in [-0.3, -0.25) is 4.90 Å². The summed E-state index contributed by atoms with van der Waals surface area (Å²) >= 11 is 0. The Morgan fingerprint density at radius 2 is 1.73 bits per heavy atom. The van der Waals surface area contributed by atoms with Gasteiger partial charge >= 0.3 is 0 Å². The highest BCUT2D eigenvalue weighted by Crippen LogP contribution is 2.24. The van der Waals surface area contributed by atoms with Gasteiger partial charge in [0.25, 0.3) is 0 Å². The third-order valence-corrected chi connectivity index (χ3v) is 6.29. The Kier molecular flexibility index (Phi) is 4.44. The van der Waals surface area contributed by atoms with Crippen molar-refractivity contribution in [2.75, 3.05) is 39.3 Å². The number of benzene rings is 1. The first-order valence-electron chi connectivity index (χ1n) is 7.39. The molecule has 8 heteroatoms. The van der Waals surface area contributed by atoms with Crippen LogP contribution in [0.5, 0.6) is 0 Å². The predicted octanol–water partition coefficient (Wildman–Crippen LogP) is 0.633. The maximum absolute atomic E-state index is 13.8. The van der Waals surface area contributed by atoms with Crippen LogP contribution in [0.4, 0.5) is 8.78 Å². The molecule has 0 aliphatic carbocycles. The van der Waals surface area contributed by atoms with Gasteiger partial charge in [-0.2, -0.15) is 4.31 Å². The van der Waals surface area contributed by atoms with E-state index in [-0.39, 0.29) is 13.1 Å². The molecule has 5 nitrogen and oxygen atoms in total. The predicted molar refractivity (Wildman–Crippen MR) is 78.0 cm³/mol. The van der Waals surface area contributed by atoms with E-state index in [9.17, 15) is 17.2 Å². The van der Waals surface area contributed by atoms with Crippen LogP contribution in [0.2, 0.25) is 0 Å². The van der Waals surface area contributed by atoms with Gasteiger partial charge in [0, 0.05) is 38.8 Å². The fraction of sp³-hybridized carbons (Fsp3) is 0.571. The minimum Gasteiger partial charge on any atom is -0.315 e. The minimum atomic E-state index is -4.13. The molecule has 0 amide bonds. The van der Waals surface area contributed by atoms with Crippen LogP contribution in [0.3, 0.4) is 0 Å². The summed E-state index contributed by atoms with van der Waals surface area (Å²) < 4.78 is 53.6. The molecule has 22 heavy (non-hydrogen) atoms. The quantitative estimate of drug-likeness (QED) is 0.883. The molecule has 3 rings (SSSR count). The van der Waals surface area contributed by atoms with E-state index in [1.807, 2.05) is 0 Å². The van der Waals surface area contributed by atoms with Gasteiger partial charge < -0.3 is 5.32 Å². The van der Waals surface area contributed by atoms with Gasteiger partial charge in [-0.05, 0) is 25.1 Å². The van der Waals surface area contributed by atoms with Gasteiger partial charge in [0.15, 0.2) is 4.90 Å².